The summed E-state index contributed by atoms with van der Waals surface area (Å²) in [4.78, 5) is 12.5. The number of aryl methyl sites for hydroxylation is 1. The summed E-state index contributed by atoms with van der Waals surface area (Å²) >= 11 is 0. The van der Waals surface area contributed by atoms with Crippen LogP contribution in [0.4, 0.5) is 28.0 Å². The Morgan fingerprint density at radius 3 is 2.39 bits per heavy atom. The summed E-state index contributed by atoms with van der Waals surface area (Å²) in [6.07, 6.45) is -1.77. The Bertz CT molecular complexity index is 1050. The van der Waals surface area contributed by atoms with E-state index in [-0.39, 0.29) is 25.9 Å². The van der Waals surface area contributed by atoms with Crippen LogP contribution < -0.4 is 5.32 Å². The average molecular weight is 464 g/mol. The molecule has 2 amide bonds. The Kier molecular flexibility index (Phi) is 5.95. The maximum absolute atomic E-state index is 15.6. The highest BCUT2D eigenvalue weighted by molar-refractivity contribution is 7.92. The number of alkyl halides is 4. The minimum atomic E-state index is -5.05. The van der Waals surface area contributed by atoms with E-state index in [0.717, 1.165) is 14.0 Å². The van der Waals surface area contributed by atoms with Gasteiger partial charge in [0.25, 0.3) is 0 Å². The van der Waals surface area contributed by atoms with Crippen molar-refractivity contribution in [2.75, 3.05) is 18.4 Å². The maximum atomic E-state index is 15.6. The predicted octanol–water partition coefficient (Wildman–Crippen LogP) is 2.63. The Morgan fingerprint density at radius 1 is 1.19 bits per heavy atom. The number of halogens is 4. The molecular weight excluding hydrogens is 444 g/mol. The van der Waals surface area contributed by atoms with Crippen molar-refractivity contribution in [1.29, 1.82) is 0 Å². The predicted molar refractivity (Wildman–Crippen MR) is 100 cm³/mol. The van der Waals surface area contributed by atoms with Gasteiger partial charge in [0.05, 0.1) is 18.1 Å². The van der Waals surface area contributed by atoms with Crippen LogP contribution in [0.1, 0.15) is 25.5 Å². The molecule has 170 valence electrons. The summed E-state index contributed by atoms with van der Waals surface area (Å²) in [6, 6.07) is 1.04. The highest BCUT2D eigenvalue weighted by Gasteiger charge is 2.52. The number of amides is 2. The molecule has 14 heteroatoms. The third-order valence-electron chi connectivity index (χ3n) is 5.23. The van der Waals surface area contributed by atoms with Crippen LogP contribution in [-0.2, 0) is 23.1 Å². The van der Waals surface area contributed by atoms with E-state index in [1.54, 1.807) is 0 Å². The molecule has 2 aromatic rings. The fourth-order valence-corrected chi connectivity index (χ4v) is 5.27. The number of nitrogens with one attached hydrogen (secondary N) is 1. The Morgan fingerprint density at radius 2 is 1.84 bits per heavy atom. The van der Waals surface area contributed by atoms with Crippen LogP contribution in [0.2, 0.25) is 0 Å². The van der Waals surface area contributed by atoms with E-state index >= 15 is 4.39 Å². The van der Waals surface area contributed by atoms with E-state index in [9.17, 15) is 26.4 Å². The number of sulfone groups is 1. The average Bonchev–Trinajstić information content (AvgIpc) is 3.12. The number of nitrogens with zero attached hydrogens (tertiary/aromatic N) is 5. The molecule has 3 heterocycles. The van der Waals surface area contributed by atoms with Crippen molar-refractivity contribution in [3.63, 3.8) is 0 Å². The minimum Gasteiger partial charge on any atom is -0.325 e. The Hall–Kier alpha value is -2.77. The lowest BCUT2D eigenvalue weighted by atomic mass is 9.92. The second-order valence-corrected chi connectivity index (χ2v) is 9.57. The lowest BCUT2D eigenvalue weighted by Gasteiger charge is -2.37. The van der Waals surface area contributed by atoms with Gasteiger partial charge in [0, 0.05) is 32.3 Å². The summed E-state index contributed by atoms with van der Waals surface area (Å²) < 4.78 is 81.6. The van der Waals surface area contributed by atoms with Gasteiger partial charge in [-0.1, -0.05) is 0 Å². The monoisotopic (exact) mass is 464 g/mol. The zero-order chi connectivity index (χ0) is 23.0. The van der Waals surface area contributed by atoms with Crippen molar-refractivity contribution in [3.05, 3.63) is 30.4 Å². The molecule has 1 saturated heterocycles. The summed E-state index contributed by atoms with van der Waals surface area (Å²) in [6.45, 7) is 0.824. The van der Waals surface area contributed by atoms with Crippen molar-refractivity contribution < 1.29 is 30.8 Å². The van der Waals surface area contributed by atoms with E-state index < -0.39 is 43.6 Å². The van der Waals surface area contributed by atoms with Gasteiger partial charge in [-0.05, 0) is 25.8 Å². The van der Waals surface area contributed by atoms with Crippen LogP contribution in [0.3, 0.4) is 0 Å². The molecule has 3 rings (SSSR count). The van der Waals surface area contributed by atoms with Gasteiger partial charge in [-0.25, -0.2) is 17.6 Å². The second-order valence-electron chi connectivity index (χ2n) is 7.33. The molecule has 0 saturated carbocycles. The fourth-order valence-electron chi connectivity index (χ4n) is 3.46. The molecule has 1 aliphatic heterocycles. The van der Waals surface area contributed by atoms with Crippen molar-refractivity contribution in [1.82, 2.24) is 24.9 Å². The number of aromatic nitrogens is 4. The number of likely N-dealkylation sites (tertiary alicyclic amines) is 1. The van der Waals surface area contributed by atoms with Crippen LogP contribution >= 0.6 is 0 Å². The third kappa shape index (κ3) is 4.48. The van der Waals surface area contributed by atoms with Crippen LogP contribution in [0, 0.1) is 5.92 Å². The zero-order valence-corrected chi connectivity index (χ0v) is 17.4. The smallest absolute Gasteiger partial charge is 0.325 e. The van der Waals surface area contributed by atoms with Crippen LogP contribution in [-0.4, -0.2) is 57.4 Å². The van der Waals surface area contributed by atoms with Gasteiger partial charge in [0.2, 0.25) is 14.8 Å². The number of rotatable bonds is 4. The number of urea groups is 1. The van der Waals surface area contributed by atoms with Gasteiger partial charge in [-0.3, -0.25) is 4.68 Å². The third-order valence-corrected chi connectivity index (χ3v) is 7.49. The van der Waals surface area contributed by atoms with Crippen molar-refractivity contribution >= 4 is 21.6 Å². The van der Waals surface area contributed by atoms with Gasteiger partial charge < -0.3 is 10.2 Å². The van der Waals surface area contributed by atoms with Crippen LogP contribution in [0.15, 0.2) is 29.6 Å². The van der Waals surface area contributed by atoms with Crippen molar-refractivity contribution in [2.45, 2.75) is 35.8 Å². The summed E-state index contributed by atoms with van der Waals surface area (Å²) in [7, 11) is -3.90. The second kappa shape index (κ2) is 8.05. The van der Waals surface area contributed by atoms with E-state index in [0.29, 0.717) is 16.6 Å². The van der Waals surface area contributed by atoms with E-state index in [2.05, 4.69) is 20.6 Å². The molecule has 9 nitrogen and oxygen atoms in total. The first-order chi connectivity index (χ1) is 14.3. The largest absolute Gasteiger partial charge is 0.436 e. The molecule has 1 N–H and O–H groups in total. The first-order valence-corrected chi connectivity index (χ1v) is 10.7. The normalized spacial score (nSPS) is 17.9. The molecule has 1 fully saturated rings. The number of hydrogen-bond acceptors (Lipinski definition) is 6. The number of carbonyl (C=O) groups excluding carboxylic acids is 1. The Balaban J connectivity index is 1.74. The van der Waals surface area contributed by atoms with Gasteiger partial charge in [-0.2, -0.15) is 28.5 Å². The molecule has 0 bridgehead atoms. The molecule has 0 aliphatic carbocycles. The molecule has 1 atom stereocenters. The number of carbonyl (C=O) groups is 1. The standard InChI is InChI=1S/C17H20F4N6O3S/c1-16(18,31(29,30)13-10-26(2)25-14(13)17(19,20)21)11-4-7-27(8-5-11)15(28)24-12-3-6-22-23-9-12/h3,6,9-11H,4-5,7-8H2,1-2H3,(H,22,24,28). The first-order valence-electron chi connectivity index (χ1n) is 9.21. The van der Waals surface area contributed by atoms with Gasteiger partial charge in [-0.15, -0.1) is 0 Å². The highest BCUT2D eigenvalue weighted by atomic mass is 32.2. The Labute approximate surface area is 175 Å². The molecule has 2 aromatic heterocycles. The molecule has 31 heavy (non-hydrogen) atoms. The van der Waals surface area contributed by atoms with E-state index in [1.807, 2.05) is 0 Å². The maximum Gasteiger partial charge on any atom is 0.436 e. The van der Waals surface area contributed by atoms with Crippen LogP contribution in [0.25, 0.3) is 0 Å². The molecule has 0 radical (unpaired) electrons. The summed E-state index contributed by atoms with van der Waals surface area (Å²) in [5, 5.41) is 9.97. The molecule has 1 aliphatic rings. The lowest BCUT2D eigenvalue weighted by Crippen LogP contribution is -2.48. The zero-order valence-electron chi connectivity index (χ0n) is 16.6. The fraction of sp³-hybridized carbons (Fsp3) is 0.529. The molecule has 1 unspecified atom stereocenters. The topological polar surface area (TPSA) is 110 Å². The highest BCUT2D eigenvalue weighted by Crippen LogP contribution is 2.43. The minimum absolute atomic E-state index is 0.0310. The van der Waals surface area contributed by atoms with Gasteiger partial charge in [0.1, 0.15) is 4.90 Å². The molecular formula is C17H20F4N6O3S. The number of piperidine rings is 1. The van der Waals surface area contributed by atoms with Crippen molar-refractivity contribution in [2.24, 2.45) is 13.0 Å². The molecule has 0 aromatic carbocycles. The SMILES string of the molecule is Cn1cc(S(=O)(=O)C(C)(F)C2CCN(C(=O)Nc3ccnnc3)CC2)c(C(F)(F)F)n1. The van der Waals surface area contributed by atoms with E-state index in [4.69, 9.17) is 0 Å². The molecule has 0 spiro atoms. The number of anilines is 1. The first kappa shape index (κ1) is 22.9. The van der Waals surface area contributed by atoms with E-state index in [1.165, 1.54) is 23.4 Å². The summed E-state index contributed by atoms with van der Waals surface area (Å²) in [5.74, 6) is -1.11. The quantitative estimate of drug-likeness (QED) is 0.697. The number of hydrogen-bond donors (Lipinski definition) is 1. The van der Waals surface area contributed by atoms with Crippen molar-refractivity contribution in [3.8, 4) is 0 Å². The van der Waals surface area contributed by atoms with Gasteiger partial charge in [0.15, 0.2) is 5.69 Å². The lowest BCUT2D eigenvalue weighted by molar-refractivity contribution is -0.143. The van der Waals surface area contributed by atoms with Gasteiger partial charge >= 0.3 is 12.2 Å². The summed E-state index contributed by atoms with van der Waals surface area (Å²) in [5.41, 5.74) is -1.25. The van der Waals surface area contributed by atoms with Crippen LogP contribution in [0.5, 0.6) is 0 Å².